The van der Waals surface area contributed by atoms with Crippen LogP contribution in [0.1, 0.15) is 41.7 Å². The van der Waals surface area contributed by atoms with Gasteiger partial charge in [-0.15, -0.1) is 0 Å². The van der Waals surface area contributed by atoms with Crippen molar-refractivity contribution >= 4 is 45.3 Å². The molecule has 0 bridgehead atoms. The molecule has 16 heteroatoms. The Morgan fingerprint density at radius 1 is 0.804 bits per heavy atom. The summed E-state index contributed by atoms with van der Waals surface area (Å²) in [5.74, 6) is 1.57. The topological polar surface area (TPSA) is 185 Å². The highest BCUT2D eigenvalue weighted by Gasteiger charge is 2.21. The van der Waals surface area contributed by atoms with Gasteiger partial charge in [-0.3, -0.25) is 30.2 Å². The van der Waals surface area contributed by atoms with Crippen LogP contribution < -0.4 is 14.1 Å². The molecule has 0 unspecified atom stereocenters. The van der Waals surface area contributed by atoms with Gasteiger partial charge in [-0.25, -0.2) is 9.97 Å². The Bertz CT molecular complexity index is 1730. The van der Waals surface area contributed by atoms with Gasteiger partial charge in [0.05, 0.1) is 48.1 Å². The largest absolute Gasteiger partial charge is 0.569 e. The average Bonchev–Trinajstić information content (AvgIpc) is 3.66. The number of fused-ring (bicyclic) bond motifs is 2. The van der Waals surface area contributed by atoms with Crippen LogP contribution in [0.25, 0.3) is 0 Å². The minimum atomic E-state index is -0.404. The van der Waals surface area contributed by atoms with Crippen molar-refractivity contribution in [3.63, 3.8) is 0 Å². The van der Waals surface area contributed by atoms with Gasteiger partial charge in [0, 0.05) is 59.3 Å². The zero-order valence-electron chi connectivity index (χ0n) is 24.7. The zero-order valence-corrected chi connectivity index (χ0v) is 26.3. The minimum Gasteiger partial charge on any atom is -0.536 e. The molecule has 0 amide bonds. The molecule has 235 valence electrons. The standard InChI is InChI=1S/C15H13N3O3.C8H5BrN2O2.C7H9BNO3/c1-2-21-14-6-4-11(9-16-14)15-13-7-12(18(19)20)5-3-10(13)8-17-15;9-8-7-3-6(11(12)13)2-1-5(7)4-10-8;1-2-11-7-4-3-6(5-9-7)12-8-10/h3-7,9H,2,8H2,1H3;1-3H,4H2;3-5,10H,2H2,1H3. The number of hydrogen-bond acceptors (Lipinski definition) is 12. The minimum absolute atomic E-state index is 0.0715. The molecule has 46 heavy (non-hydrogen) atoms. The van der Waals surface area contributed by atoms with E-state index in [9.17, 15) is 20.2 Å². The number of pyridine rings is 2. The molecule has 1 N–H and O–H groups in total. The van der Waals surface area contributed by atoms with Gasteiger partial charge in [0.2, 0.25) is 11.8 Å². The van der Waals surface area contributed by atoms with Crippen molar-refractivity contribution in [2.24, 2.45) is 9.98 Å². The SMILES string of the molecule is CCOc1ccc(C2=NCc3ccc([N+](=O)[O-])cc32)cn1.CCOc1ccc(O[B]O)cn1.O=[N+]([O-])c1ccc2c(c1)C(Br)=NC2. The Kier molecular flexibility index (Phi) is 11.9. The number of hydrogen-bond donors (Lipinski definition) is 1. The number of rotatable bonds is 9. The lowest BCUT2D eigenvalue weighted by molar-refractivity contribution is -0.385. The first kappa shape index (κ1) is 33.7. The summed E-state index contributed by atoms with van der Waals surface area (Å²) < 4.78 is 15.8. The van der Waals surface area contributed by atoms with Crippen molar-refractivity contribution in [1.82, 2.24) is 9.97 Å². The fourth-order valence-corrected chi connectivity index (χ4v) is 4.76. The first-order chi connectivity index (χ1) is 22.2. The third-order valence-corrected chi connectivity index (χ3v) is 7.05. The summed E-state index contributed by atoms with van der Waals surface area (Å²) in [5, 5.41) is 29.6. The van der Waals surface area contributed by atoms with Crippen LogP contribution in [0.4, 0.5) is 11.4 Å². The summed E-state index contributed by atoms with van der Waals surface area (Å²) in [6, 6.07) is 16.6. The molecule has 2 aliphatic heterocycles. The third kappa shape index (κ3) is 8.70. The molecule has 0 atom stereocenters. The first-order valence-corrected chi connectivity index (χ1v) is 14.6. The maximum atomic E-state index is 10.9. The monoisotopic (exact) mass is 689 g/mol. The van der Waals surface area contributed by atoms with E-state index >= 15 is 0 Å². The Balaban J connectivity index is 0.000000166. The number of non-ortho nitro benzene ring substituents is 2. The van der Waals surface area contributed by atoms with E-state index in [1.807, 2.05) is 19.9 Å². The maximum Gasteiger partial charge on any atom is 0.569 e. The first-order valence-electron chi connectivity index (χ1n) is 13.8. The summed E-state index contributed by atoms with van der Waals surface area (Å²) in [5.41, 5.74) is 5.39. The molecular formula is C30H27BBrN6O8. The lowest BCUT2D eigenvalue weighted by Crippen LogP contribution is -2.03. The van der Waals surface area contributed by atoms with E-state index < -0.39 is 9.85 Å². The normalized spacial score (nSPS) is 12.1. The van der Waals surface area contributed by atoms with E-state index in [0.29, 0.717) is 56.1 Å². The molecule has 14 nitrogen and oxygen atoms in total. The maximum absolute atomic E-state index is 10.9. The number of nitro groups is 2. The summed E-state index contributed by atoms with van der Waals surface area (Å²) in [7, 11) is 0.608. The van der Waals surface area contributed by atoms with Crippen LogP contribution in [-0.4, -0.2) is 56.1 Å². The predicted molar refractivity (Wildman–Crippen MR) is 174 cm³/mol. The van der Waals surface area contributed by atoms with E-state index in [-0.39, 0.29) is 11.4 Å². The second kappa shape index (κ2) is 16.2. The van der Waals surface area contributed by atoms with Crippen LogP contribution in [0, 0.1) is 20.2 Å². The number of nitro benzene ring substituents is 2. The lowest BCUT2D eigenvalue weighted by atomic mass is 10.0. The van der Waals surface area contributed by atoms with Crippen LogP contribution >= 0.6 is 15.9 Å². The highest BCUT2D eigenvalue weighted by Crippen LogP contribution is 2.28. The Morgan fingerprint density at radius 2 is 1.37 bits per heavy atom. The number of nitrogens with zero attached hydrogens (tertiary/aromatic N) is 6. The molecular weight excluding hydrogens is 663 g/mol. The van der Waals surface area contributed by atoms with Crippen molar-refractivity contribution < 1.29 is 29.0 Å². The van der Waals surface area contributed by atoms with E-state index in [4.69, 9.17) is 14.5 Å². The molecule has 0 saturated heterocycles. The van der Waals surface area contributed by atoms with Gasteiger partial charge < -0.3 is 19.2 Å². The fourth-order valence-electron chi connectivity index (χ4n) is 4.26. The smallest absolute Gasteiger partial charge is 0.536 e. The Hall–Kier alpha value is -5.22. The van der Waals surface area contributed by atoms with Gasteiger partial charge in [-0.05, 0) is 65.2 Å². The van der Waals surface area contributed by atoms with E-state index in [1.54, 1.807) is 42.6 Å². The molecule has 0 spiro atoms. The average molecular weight is 690 g/mol. The summed E-state index contributed by atoms with van der Waals surface area (Å²) in [6.07, 6.45) is 3.15. The molecule has 2 aromatic heterocycles. The molecule has 0 saturated carbocycles. The van der Waals surface area contributed by atoms with Crippen molar-refractivity contribution in [2.75, 3.05) is 13.2 Å². The van der Waals surface area contributed by atoms with Crippen LogP contribution in [0.3, 0.4) is 0 Å². The summed E-state index contributed by atoms with van der Waals surface area (Å²) in [4.78, 5) is 37.2. The number of aliphatic imine (C=N–C) groups is 2. The Labute approximate surface area is 272 Å². The molecule has 1 radical (unpaired) electrons. The van der Waals surface area contributed by atoms with E-state index in [2.05, 4.69) is 40.5 Å². The van der Waals surface area contributed by atoms with Gasteiger partial charge >= 0.3 is 7.69 Å². The number of aromatic nitrogens is 2. The van der Waals surface area contributed by atoms with Gasteiger partial charge in [0.15, 0.2) is 0 Å². The van der Waals surface area contributed by atoms with Gasteiger partial charge in [0.1, 0.15) is 10.4 Å². The molecule has 6 rings (SSSR count). The number of benzene rings is 2. The van der Waals surface area contributed by atoms with Crippen molar-refractivity contribution in [2.45, 2.75) is 26.9 Å². The van der Waals surface area contributed by atoms with Gasteiger partial charge in [-0.2, -0.15) is 0 Å². The highest BCUT2D eigenvalue weighted by molar-refractivity contribution is 9.18. The summed E-state index contributed by atoms with van der Waals surface area (Å²) >= 11 is 3.25. The van der Waals surface area contributed by atoms with Crippen LogP contribution in [0.2, 0.25) is 0 Å². The lowest BCUT2D eigenvalue weighted by Gasteiger charge is -2.05. The number of ether oxygens (including phenoxy) is 2. The third-order valence-electron chi connectivity index (χ3n) is 6.37. The van der Waals surface area contributed by atoms with Crippen molar-refractivity contribution in [3.05, 3.63) is 121 Å². The van der Waals surface area contributed by atoms with E-state index in [0.717, 1.165) is 33.5 Å². The quantitative estimate of drug-likeness (QED) is 0.136. The van der Waals surface area contributed by atoms with Gasteiger partial charge in [0.25, 0.3) is 11.4 Å². The Morgan fingerprint density at radius 3 is 1.89 bits per heavy atom. The van der Waals surface area contributed by atoms with Crippen LogP contribution in [0.15, 0.2) is 83.0 Å². The molecule has 2 aliphatic rings. The van der Waals surface area contributed by atoms with Crippen LogP contribution in [0.5, 0.6) is 17.5 Å². The highest BCUT2D eigenvalue weighted by atomic mass is 79.9. The van der Waals surface area contributed by atoms with E-state index in [1.165, 1.54) is 24.4 Å². The molecule has 0 fully saturated rings. The molecule has 0 aliphatic carbocycles. The fraction of sp³-hybridized carbons (Fsp3) is 0.200. The number of halogens is 1. The molecule has 4 heterocycles. The van der Waals surface area contributed by atoms with Crippen LogP contribution in [-0.2, 0) is 13.1 Å². The second-order valence-electron chi connectivity index (χ2n) is 9.28. The molecule has 2 aromatic carbocycles. The molecule has 4 aromatic rings. The summed E-state index contributed by atoms with van der Waals surface area (Å²) in [6.45, 7) is 6.06. The zero-order chi connectivity index (χ0) is 33.1. The van der Waals surface area contributed by atoms with Gasteiger partial charge in [-0.1, -0.05) is 0 Å². The van der Waals surface area contributed by atoms with Crippen molar-refractivity contribution in [1.29, 1.82) is 0 Å². The van der Waals surface area contributed by atoms with Crippen molar-refractivity contribution in [3.8, 4) is 17.5 Å². The second-order valence-corrected chi connectivity index (χ2v) is 10.0. The predicted octanol–water partition coefficient (Wildman–Crippen LogP) is 5.38.